The van der Waals surface area contributed by atoms with Crippen LogP contribution >= 0.6 is 11.6 Å². The molecule has 0 aliphatic carbocycles. The van der Waals surface area contributed by atoms with Crippen molar-refractivity contribution in [3.8, 4) is 0 Å². The van der Waals surface area contributed by atoms with E-state index in [4.69, 9.17) is 11.6 Å². The zero-order chi connectivity index (χ0) is 14.4. The van der Waals surface area contributed by atoms with Crippen molar-refractivity contribution >= 4 is 22.5 Å². The second-order valence-electron chi connectivity index (χ2n) is 3.71. The van der Waals surface area contributed by atoms with Gasteiger partial charge in [-0.1, -0.05) is 11.6 Å². The highest BCUT2D eigenvalue weighted by atomic mass is 35.5. The molecule has 1 heterocycles. The van der Waals surface area contributed by atoms with Gasteiger partial charge in [0.2, 0.25) is 0 Å². The molecule has 0 unspecified atom stereocenters. The maximum Gasteiger partial charge on any atom is 0.418 e. The third-order valence-corrected chi connectivity index (χ3v) is 2.75. The summed E-state index contributed by atoms with van der Waals surface area (Å²) >= 11 is 5.63. The van der Waals surface area contributed by atoms with Gasteiger partial charge in [0.05, 0.1) is 21.7 Å². The number of hydrogen-bond donors (Lipinski definition) is 0. The first-order valence-electron chi connectivity index (χ1n) is 4.83. The molecule has 2 aromatic rings. The van der Waals surface area contributed by atoms with E-state index in [0.717, 1.165) is 12.3 Å². The minimum Gasteiger partial charge on any atom is -0.256 e. The second kappa shape index (κ2) is 4.26. The number of aromatic nitrogens is 1. The summed E-state index contributed by atoms with van der Waals surface area (Å²) in [6, 6.07) is 1.72. The molecule has 0 N–H and O–H groups in total. The maximum atomic E-state index is 12.8. The van der Waals surface area contributed by atoms with Crippen LogP contribution in [0.5, 0.6) is 0 Å². The number of halogens is 7. The molecule has 0 radical (unpaired) electrons. The molecule has 0 fully saturated rings. The number of pyridine rings is 1. The molecule has 19 heavy (non-hydrogen) atoms. The van der Waals surface area contributed by atoms with Gasteiger partial charge in [-0.15, -0.1) is 0 Å². The molecular formula is C11H4ClF6N. The Hall–Kier alpha value is -1.50. The summed E-state index contributed by atoms with van der Waals surface area (Å²) in [7, 11) is 0. The monoisotopic (exact) mass is 299 g/mol. The van der Waals surface area contributed by atoms with Gasteiger partial charge in [-0.3, -0.25) is 4.98 Å². The maximum absolute atomic E-state index is 12.8. The highest BCUT2D eigenvalue weighted by Crippen LogP contribution is 2.40. The Morgan fingerprint density at radius 2 is 1.58 bits per heavy atom. The van der Waals surface area contributed by atoms with Gasteiger partial charge >= 0.3 is 12.4 Å². The molecule has 1 aromatic heterocycles. The van der Waals surface area contributed by atoms with Crippen LogP contribution in [-0.2, 0) is 12.4 Å². The van der Waals surface area contributed by atoms with Crippen LogP contribution in [0.25, 0.3) is 10.9 Å². The zero-order valence-electron chi connectivity index (χ0n) is 8.90. The summed E-state index contributed by atoms with van der Waals surface area (Å²) < 4.78 is 76.1. The van der Waals surface area contributed by atoms with Gasteiger partial charge in [0.1, 0.15) is 0 Å². The Bertz CT molecular complexity index is 631. The van der Waals surface area contributed by atoms with Crippen molar-refractivity contribution < 1.29 is 26.3 Å². The Kier molecular flexibility index (Phi) is 3.12. The van der Waals surface area contributed by atoms with Crippen molar-refractivity contribution in [1.82, 2.24) is 4.98 Å². The van der Waals surface area contributed by atoms with Gasteiger partial charge in [0, 0.05) is 11.6 Å². The van der Waals surface area contributed by atoms with Gasteiger partial charge in [-0.2, -0.15) is 26.3 Å². The van der Waals surface area contributed by atoms with Gasteiger partial charge in [0.25, 0.3) is 0 Å². The lowest BCUT2D eigenvalue weighted by Gasteiger charge is -2.14. The van der Waals surface area contributed by atoms with E-state index >= 15 is 0 Å². The fraction of sp³-hybridized carbons (Fsp3) is 0.182. The predicted octanol–water partition coefficient (Wildman–Crippen LogP) is 4.93. The molecule has 1 nitrogen and oxygen atoms in total. The highest BCUT2D eigenvalue weighted by Gasteiger charge is 2.38. The lowest BCUT2D eigenvalue weighted by Crippen LogP contribution is -2.12. The Labute approximate surface area is 107 Å². The summed E-state index contributed by atoms with van der Waals surface area (Å²) in [6.45, 7) is 0. The van der Waals surface area contributed by atoms with Gasteiger partial charge in [-0.05, 0) is 18.2 Å². The number of alkyl halides is 6. The average Bonchev–Trinajstić information content (AvgIpc) is 2.25. The van der Waals surface area contributed by atoms with Crippen molar-refractivity contribution in [2.75, 3.05) is 0 Å². The van der Waals surface area contributed by atoms with E-state index in [2.05, 4.69) is 4.98 Å². The molecule has 0 saturated carbocycles. The zero-order valence-corrected chi connectivity index (χ0v) is 9.66. The van der Waals surface area contributed by atoms with E-state index in [-0.39, 0.29) is 16.5 Å². The molecule has 0 amide bonds. The molecule has 2 rings (SSSR count). The SMILES string of the molecule is FC(F)(F)c1cc(C(F)(F)F)c2nccc(Cl)c2c1. The summed E-state index contributed by atoms with van der Waals surface area (Å²) in [5.74, 6) is 0. The van der Waals surface area contributed by atoms with Gasteiger partial charge in [-0.25, -0.2) is 0 Å². The topological polar surface area (TPSA) is 12.9 Å². The fourth-order valence-corrected chi connectivity index (χ4v) is 1.80. The van der Waals surface area contributed by atoms with Crippen LogP contribution < -0.4 is 0 Å². The van der Waals surface area contributed by atoms with Crippen molar-refractivity contribution in [2.45, 2.75) is 12.4 Å². The number of benzene rings is 1. The van der Waals surface area contributed by atoms with Crippen LogP contribution in [0.15, 0.2) is 24.4 Å². The third kappa shape index (κ3) is 2.60. The van der Waals surface area contributed by atoms with E-state index in [0.29, 0.717) is 6.07 Å². The van der Waals surface area contributed by atoms with Gasteiger partial charge in [0.15, 0.2) is 0 Å². The molecule has 0 atom stereocenters. The van der Waals surface area contributed by atoms with Crippen molar-refractivity contribution in [3.63, 3.8) is 0 Å². The minimum atomic E-state index is -4.95. The van der Waals surface area contributed by atoms with Gasteiger partial charge < -0.3 is 0 Å². The average molecular weight is 300 g/mol. The van der Waals surface area contributed by atoms with E-state index in [1.54, 1.807) is 0 Å². The van der Waals surface area contributed by atoms with Crippen molar-refractivity contribution in [2.24, 2.45) is 0 Å². The highest BCUT2D eigenvalue weighted by molar-refractivity contribution is 6.35. The first-order chi connectivity index (χ1) is 8.60. The summed E-state index contributed by atoms with van der Waals surface area (Å²) in [5, 5.41) is -0.604. The van der Waals surface area contributed by atoms with Crippen molar-refractivity contribution in [1.29, 1.82) is 0 Å². The van der Waals surface area contributed by atoms with Crippen LogP contribution in [0.1, 0.15) is 11.1 Å². The molecule has 0 aliphatic rings. The molecule has 0 saturated heterocycles. The fourth-order valence-electron chi connectivity index (χ4n) is 1.60. The smallest absolute Gasteiger partial charge is 0.256 e. The standard InChI is InChI=1S/C11H4ClF6N/c12-8-1-2-19-9-6(8)3-5(10(13,14)15)4-7(9)11(16,17)18/h1-4H. The van der Waals surface area contributed by atoms with Crippen LogP contribution in [-0.4, -0.2) is 4.98 Å². The molecule has 8 heteroatoms. The largest absolute Gasteiger partial charge is 0.418 e. The molecule has 0 aliphatic heterocycles. The second-order valence-corrected chi connectivity index (χ2v) is 4.12. The molecule has 0 bridgehead atoms. The predicted molar refractivity (Wildman–Crippen MR) is 56.8 cm³/mol. The summed E-state index contributed by atoms with van der Waals surface area (Å²) in [4.78, 5) is 3.46. The normalized spacial score (nSPS) is 13.0. The third-order valence-electron chi connectivity index (χ3n) is 2.42. The van der Waals surface area contributed by atoms with E-state index in [9.17, 15) is 26.3 Å². The Balaban J connectivity index is 2.89. The quantitative estimate of drug-likeness (QED) is 0.629. The molecule has 1 aromatic carbocycles. The number of fused-ring (bicyclic) bond motifs is 1. The number of rotatable bonds is 0. The molecule has 102 valence electrons. The van der Waals surface area contributed by atoms with Crippen molar-refractivity contribution in [3.05, 3.63) is 40.5 Å². The van der Waals surface area contributed by atoms with E-state index in [1.807, 2.05) is 0 Å². The lowest BCUT2D eigenvalue weighted by molar-refractivity contribution is -0.142. The number of nitrogens with zero attached hydrogens (tertiary/aromatic N) is 1. The Morgan fingerprint density at radius 3 is 2.11 bits per heavy atom. The summed E-state index contributed by atoms with van der Waals surface area (Å²) in [5.41, 5.74) is -3.48. The van der Waals surface area contributed by atoms with Crippen LogP contribution in [0.2, 0.25) is 5.02 Å². The Morgan fingerprint density at radius 1 is 0.947 bits per heavy atom. The van der Waals surface area contributed by atoms with Crippen LogP contribution in [0.4, 0.5) is 26.3 Å². The van der Waals surface area contributed by atoms with Crippen LogP contribution in [0.3, 0.4) is 0 Å². The number of hydrogen-bond acceptors (Lipinski definition) is 1. The van der Waals surface area contributed by atoms with E-state index < -0.39 is 29.0 Å². The lowest BCUT2D eigenvalue weighted by atomic mass is 10.0. The minimum absolute atomic E-state index is 0.0334. The summed E-state index contributed by atoms with van der Waals surface area (Å²) in [6.07, 6.45) is -8.84. The first-order valence-corrected chi connectivity index (χ1v) is 5.21. The van der Waals surface area contributed by atoms with Crippen LogP contribution in [0, 0.1) is 0 Å². The first kappa shape index (κ1) is 13.9. The molecule has 0 spiro atoms. The van der Waals surface area contributed by atoms with E-state index in [1.165, 1.54) is 0 Å². The molecular weight excluding hydrogens is 296 g/mol.